The Kier molecular flexibility index (Phi) is 7.29. The zero-order valence-electron chi connectivity index (χ0n) is 10.8. The van der Waals surface area contributed by atoms with Crippen LogP contribution in [0, 0.1) is 5.92 Å². The van der Waals surface area contributed by atoms with Gasteiger partial charge < -0.3 is 20.5 Å². The summed E-state index contributed by atoms with van der Waals surface area (Å²) in [6.45, 7) is 5.78. The number of carbonyl (C=O) groups is 1. The van der Waals surface area contributed by atoms with E-state index in [2.05, 4.69) is 5.32 Å². The summed E-state index contributed by atoms with van der Waals surface area (Å²) in [4.78, 5) is 11.7. The van der Waals surface area contributed by atoms with Gasteiger partial charge in [0.25, 0.3) is 0 Å². The molecule has 0 aliphatic carbocycles. The van der Waals surface area contributed by atoms with Crippen molar-refractivity contribution in [2.45, 2.75) is 45.6 Å². The summed E-state index contributed by atoms with van der Waals surface area (Å²) in [5, 5.41) is 2.78. The number of carbonyl (C=O) groups excluding carboxylic acids is 1. The predicted molar refractivity (Wildman–Crippen MR) is 62.8 cm³/mol. The van der Waals surface area contributed by atoms with Crippen molar-refractivity contribution in [1.29, 1.82) is 0 Å². The number of hydrogen-bond acceptors (Lipinski definition) is 4. The summed E-state index contributed by atoms with van der Waals surface area (Å²) in [5.74, 6) is -0.00307. The Morgan fingerprint density at radius 1 is 1.31 bits per heavy atom. The van der Waals surface area contributed by atoms with E-state index in [0.717, 1.165) is 6.42 Å². The minimum absolute atomic E-state index is 0.163. The normalized spacial score (nSPS) is 16.9. The van der Waals surface area contributed by atoms with Gasteiger partial charge in [0.2, 0.25) is 5.91 Å². The lowest BCUT2D eigenvalue weighted by molar-refractivity contribution is -0.137. The monoisotopic (exact) mass is 232 g/mol. The summed E-state index contributed by atoms with van der Waals surface area (Å²) in [5.41, 5.74) is 5.81. The van der Waals surface area contributed by atoms with Crippen LogP contribution in [-0.2, 0) is 14.3 Å². The highest BCUT2D eigenvalue weighted by molar-refractivity contribution is 5.82. The van der Waals surface area contributed by atoms with Crippen molar-refractivity contribution in [3.63, 3.8) is 0 Å². The maximum absolute atomic E-state index is 11.7. The molecule has 3 atom stereocenters. The van der Waals surface area contributed by atoms with E-state index in [1.807, 2.05) is 20.8 Å². The lowest BCUT2D eigenvalue weighted by atomic mass is 9.99. The molecule has 16 heavy (non-hydrogen) atoms. The van der Waals surface area contributed by atoms with Crippen LogP contribution in [0.5, 0.6) is 0 Å². The molecule has 0 aliphatic heterocycles. The fraction of sp³-hybridized carbons (Fsp3) is 0.909. The molecule has 0 fully saturated rings. The van der Waals surface area contributed by atoms with Crippen LogP contribution in [-0.4, -0.2) is 38.5 Å². The summed E-state index contributed by atoms with van der Waals surface area (Å²) in [6.07, 6.45) is 0.425. The van der Waals surface area contributed by atoms with Gasteiger partial charge >= 0.3 is 0 Å². The quantitative estimate of drug-likeness (QED) is 0.626. The van der Waals surface area contributed by atoms with Crippen LogP contribution in [0.15, 0.2) is 0 Å². The molecule has 0 aromatic carbocycles. The SMILES string of the molecule is CC[C@H](C)[C@H](N)C(=O)NC(C)C(OC)OC. The number of rotatable bonds is 7. The lowest BCUT2D eigenvalue weighted by Crippen LogP contribution is -2.51. The number of hydrogen-bond donors (Lipinski definition) is 2. The Hall–Kier alpha value is -0.650. The van der Waals surface area contributed by atoms with Crippen molar-refractivity contribution in [2.75, 3.05) is 14.2 Å². The standard InChI is InChI=1S/C11H24N2O3/c1-6-7(2)9(12)10(14)13-8(3)11(15-4)16-5/h7-9,11H,6,12H2,1-5H3,(H,13,14)/t7-,8?,9-/m0/s1. The second-order valence-electron chi connectivity index (χ2n) is 4.05. The molecule has 0 radical (unpaired) electrons. The van der Waals surface area contributed by atoms with Gasteiger partial charge in [-0.2, -0.15) is 0 Å². The van der Waals surface area contributed by atoms with Gasteiger partial charge in [-0.15, -0.1) is 0 Å². The topological polar surface area (TPSA) is 73.6 Å². The van der Waals surface area contributed by atoms with Gasteiger partial charge in [-0.1, -0.05) is 20.3 Å². The molecule has 3 N–H and O–H groups in total. The average molecular weight is 232 g/mol. The minimum atomic E-state index is -0.484. The van der Waals surface area contributed by atoms with Gasteiger partial charge in [0.15, 0.2) is 6.29 Å². The molecule has 1 amide bonds. The molecule has 0 aliphatic rings. The lowest BCUT2D eigenvalue weighted by Gasteiger charge is -2.25. The molecule has 0 aromatic heterocycles. The minimum Gasteiger partial charge on any atom is -0.354 e. The summed E-state index contributed by atoms with van der Waals surface area (Å²) in [6, 6.07) is -0.709. The smallest absolute Gasteiger partial charge is 0.237 e. The zero-order chi connectivity index (χ0) is 12.7. The van der Waals surface area contributed by atoms with Crippen LogP contribution in [0.1, 0.15) is 27.2 Å². The van der Waals surface area contributed by atoms with E-state index < -0.39 is 12.3 Å². The number of nitrogens with one attached hydrogen (secondary N) is 1. The fourth-order valence-electron chi connectivity index (χ4n) is 1.41. The van der Waals surface area contributed by atoms with Gasteiger partial charge in [0.1, 0.15) is 0 Å². The molecule has 0 saturated carbocycles. The maximum atomic E-state index is 11.7. The molecule has 0 aromatic rings. The van der Waals surface area contributed by atoms with Crippen molar-refractivity contribution < 1.29 is 14.3 Å². The van der Waals surface area contributed by atoms with E-state index in [9.17, 15) is 4.79 Å². The van der Waals surface area contributed by atoms with E-state index in [0.29, 0.717) is 0 Å². The molecule has 1 unspecified atom stereocenters. The highest BCUT2D eigenvalue weighted by Crippen LogP contribution is 2.06. The van der Waals surface area contributed by atoms with E-state index >= 15 is 0 Å². The fourth-order valence-corrected chi connectivity index (χ4v) is 1.41. The van der Waals surface area contributed by atoms with Crippen molar-refractivity contribution in [3.8, 4) is 0 Å². The molecule has 5 nitrogen and oxygen atoms in total. The third kappa shape index (κ3) is 4.47. The summed E-state index contributed by atoms with van der Waals surface area (Å²) < 4.78 is 10.1. The van der Waals surface area contributed by atoms with Gasteiger partial charge in [-0.05, 0) is 12.8 Å². The second kappa shape index (κ2) is 7.60. The van der Waals surface area contributed by atoms with Crippen LogP contribution in [0.3, 0.4) is 0 Å². The first-order valence-corrected chi connectivity index (χ1v) is 5.59. The van der Waals surface area contributed by atoms with Crippen LogP contribution < -0.4 is 11.1 Å². The largest absolute Gasteiger partial charge is 0.354 e. The first-order valence-electron chi connectivity index (χ1n) is 5.59. The third-order valence-electron chi connectivity index (χ3n) is 2.80. The number of amides is 1. The van der Waals surface area contributed by atoms with Gasteiger partial charge in [0, 0.05) is 14.2 Å². The van der Waals surface area contributed by atoms with Gasteiger partial charge in [-0.3, -0.25) is 4.79 Å². The number of nitrogens with two attached hydrogens (primary N) is 1. The van der Waals surface area contributed by atoms with Crippen molar-refractivity contribution in [2.24, 2.45) is 11.7 Å². The molecule has 0 heterocycles. The van der Waals surface area contributed by atoms with E-state index in [1.165, 1.54) is 14.2 Å². The molecular weight excluding hydrogens is 208 g/mol. The Bertz CT molecular complexity index is 207. The highest BCUT2D eigenvalue weighted by atomic mass is 16.7. The first-order chi connectivity index (χ1) is 7.47. The Labute approximate surface area is 97.7 Å². The van der Waals surface area contributed by atoms with Crippen molar-refractivity contribution in [3.05, 3.63) is 0 Å². The van der Waals surface area contributed by atoms with E-state index in [-0.39, 0.29) is 17.9 Å². The maximum Gasteiger partial charge on any atom is 0.237 e. The van der Waals surface area contributed by atoms with E-state index in [1.54, 1.807) is 0 Å². The van der Waals surface area contributed by atoms with Crippen LogP contribution in [0.4, 0.5) is 0 Å². The molecule has 5 heteroatoms. The van der Waals surface area contributed by atoms with E-state index in [4.69, 9.17) is 15.2 Å². The highest BCUT2D eigenvalue weighted by Gasteiger charge is 2.24. The Balaban J connectivity index is 4.22. The van der Waals surface area contributed by atoms with Crippen LogP contribution >= 0.6 is 0 Å². The van der Waals surface area contributed by atoms with Crippen LogP contribution in [0.25, 0.3) is 0 Å². The third-order valence-corrected chi connectivity index (χ3v) is 2.80. The predicted octanol–water partition coefficient (Wildman–Crippen LogP) is 0.483. The molecule has 0 spiro atoms. The first kappa shape index (κ1) is 15.3. The average Bonchev–Trinajstić information content (AvgIpc) is 2.28. The molecular formula is C11H24N2O3. The Morgan fingerprint density at radius 3 is 2.19 bits per heavy atom. The number of ether oxygens (including phenoxy) is 2. The van der Waals surface area contributed by atoms with Gasteiger partial charge in [-0.25, -0.2) is 0 Å². The van der Waals surface area contributed by atoms with Crippen LogP contribution in [0.2, 0.25) is 0 Å². The Morgan fingerprint density at radius 2 is 1.81 bits per heavy atom. The molecule has 0 bridgehead atoms. The van der Waals surface area contributed by atoms with Crippen molar-refractivity contribution >= 4 is 5.91 Å². The molecule has 0 saturated heterocycles. The van der Waals surface area contributed by atoms with Gasteiger partial charge in [0.05, 0.1) is 12.1 Å². The second-order valence-corrected chi connectivity index (χ2v) is 4.05. The number of methoxy groups -OCH3 is 2. The van der Waals surface area contributed by atoms with Crippen molar-refractivity contribution in [1.82, 2.24) is 5.32 Å². The molecule has 96 valence electrons. The zero-order valence-corrected chi connectivity index (χ0v) is 10.8. The molecule has 0 rings (SSSR count). The summed E-state index contributed by atoms with van der Waals surface area (Å²) in [7, 11) is 3.07. The summed E-state index contributed by atoms with van der Waals surface area (Å²) >= 11 is 0.